The Morgan fingerprint density at radius 2 is 1.82 bits per heavy atom. The lowest BCUT2D eigenvalue weighted by atomic mass is 10.1. The van der Waals surface area contributed by atoms with Crippen LogP contribution in [0.25, 0.3) is 0 Å². The number of Topliss-reactive ketones (excluding diaryl/α,β-unsaturated/α-hetero) is 1. The van der Waals surface area contributed by atoms with Crippen LogP contribution < -0.4 is 5.32 Å². The van der Waals surface area contributed by atoms with Crippen LogP contribution in [0.15, 0.2) is 42.5 Å². The molecule has 0 atom stereocenters. The van der Waals surface area contributed by atoms with Crippen molar-refractivity contribution < 1.29 is 14.3 Å². The van der Waals surface area contributed by atoms with Crippen molar-refractivity contribution in [1.82, 2.24) is 0 Å². The molecule has 2 rings (SSSR count). The molecule has 0 heterocycles. The van der Waals surface area contributed by atoms with Gasteiger partial charge in [0.25, 0.3) is 0 Å². The van der Waals surface area contributed by atoms with Crippen LogP contribution >= 0.6 is 23.2 Å². The average molecular weight is 338 g/mol. The highest BCUT2D eigenvalue weighted by molar-refractivity contribution is 6.42. The molecule has 6 heteroatoms. The third-order valence-electron chi connectivity index (χ3n) is 2.99. The highest BCUT2D eigenvalue weighted by atomic mass is 35.5. The van der Waals surface area contributed by atoms with E-state index in [1.807, 2.05) is 0 Å². The maximum absolute atomic E-state index is 12.0. The summed E-state index contributed by atoms with van der Waals surface area (Å²) >= 11 is 11.6. The largest absolute Gasteiger partial charge is 0.454 e. The molecule has 22 heavy (non-hydrogen) atoms. The van der Waals surface area contributed by atoms with Gasteiger partial charge < -0.3 is 10.1 Å². The highest BCUT2D eigenvalue weighted by Crippen LogP contribution is 2.23. The molecule has 2 aromatic rings. The van der Waals surface area contributed by atoms with Crippen LogP contribution in [0.1, 0.15) is 20.7 Å². The number of para-hydroxylation sites is 1. The number of hydrogen-bond acceptors (Lipinski definition) is 4. The van der Waals surface area contributed by atoms with Crippen LogP contribution in [0.5, 0.6) is 0 Å². The summed E-state index contributed by atoms with van der Waals surface area (Å²) < 4.78 is 5.05. The van der Waals surface area contributed by atoms with Gasteiger partial charge in [-0.05, 0) is 30.3 Å². The van der Waals surface area contributed by atoms with Gasteiger partial charge in [-0.1, -0.05) is 35.3 Å². The van der Waals surface area contributed by atoms with E-state index in [4.69, 9.17) is 27.9 Å². The minimum atomic E-state index is -0.571. The fourth-order valence-electron chi connectivity index (χ4n) is 1.84. The number of carbonyl (C=O) groups is 2. The van der Waals surface area contributed by atoms with Crippen molar-refractivity contribution in [2.45, 2.75) is 0 Å². The van der Waals surface area contributed by atoms with Crippen molar-refractivity contribution in [3.8, 4) is 0 Å². The first-order valence-electron chi connectivity index (χ1n) is 6.45. The number of esters is 1. The molecule has 0 aliphatic heterocycles. The molecule has 114 valence electrons. The predicted octanol–water partition coefficient (Wildman–Crippen LogP) is 4.07. The minimum absolute atomic E-state index is 0.277. The SMILES string of the molecule is CNc1ccccc1C(=O)OCC(=O)c1ccc(Cl)c(Cl)c1. The van der Waals surface area contributed by atoms with E-state index in [0.717, 1.165) is 0 Å². The van der Waals surface area contributed by atoms with Gasteiger partial charge in [-0.15, -0.1) is 0 Å². The topological polar surface area (TPSA) is 55.4 Å². The maximum Gasteiger partial charge on any atom is 0.340 e. The summed E-state index contributed by atoms with van der Waals surface area (Å²) in [7, 11) is 1.70. The predicted molar refractivity (Wildman–Crippen MR) is 87.1 cm³/mol. The summed E-state index contributed by atoms with van der Waals surface area (Å²) in [6.07, 6.45) is 0. The van der Waals surface area contributed by atoms with Gasteiger partial charge in [0.05, 0.1) is 15.6 Å². The smallest absolute Gasteiger partial charge is 0.340 e. The molecule has 0 aliphatic carbocycles. The Morgan fingerprint density at radius 1 is 1.09 bits per heavy atom. The van der Waals surface area contributed by atoms with Gasteiger partial charge in [-0.25, -0.2) is 4.79 Å². The van der Waals surface area contributed by atoms with E-state index in [1.165, 1.54) is 18.2 Å². The summed E-state index contributed by atoms with van der Waals surface area (Å²) in [5.74, 6) is -0.924. The van der Waals surface area contributed by atoms with Crippen LogP contribution in [0.2, 0.25) is 10.0 Å². The number of hydrogen-bond donors (Lipinski definition) is 1. The van der Waals surface area contributed by atoms with Crippen molar-refractivity contribution in [3.05, 3.63) is 63.6 Å². The molecule has 0 radical (unpaired) electrons. The zero-order valence-electron chi connectivity index (χ0n) is 11.7. The van der Waals surface area contributed by atoms with Crippen LogP contribution in [0.3, 0.4) is 0 Å². The maximum atomic E-state index is 12.0. The lowest BCUT2D eigenvalue weighted by molar-refractivity contribution is 0.0475. The molecule has 0 fully saturated rings. The van der Waals surface area contributed by atoms with E-state index in [1.54, 1.807) is 31.3 Å². The van der Waals surface area contributed by atoms with Crippen molar-refractivity contribution >= 4 is 40.6 Å². The monoisotopic (exact) mass is 337 g/mol. The van der Waals surface area contributed by atoms with Crippen molar-refractivity contribution in [2.24, 2.45) is 0 Å². The standard InChI is InChI=1S/C16H13Cl2NO3/c1-19-14-5-3-2-4-11(14)16(21)22-9-15(20)10-6-7-12(17)13(18)8-10/h2-8,19H,9H2,1H3. The summed E-state index contributed by atoms with van der Waals surface area (Å²) in [6.45, 7) is -0.366. The Morgan fingerprint density at radius 3 is 2.50 bits per heavy atom. The van der Waals surface area contributed by atoms with Crippen molar-refractivity contribution in [1.29, 1.82) is 0 Å². The molecule has 0 saturated carbocycles. The number of halogens is 2. The van der Waals surface area contributed by atoms with E-state index in [0.29, 0.717) is 21.8 Å². The molecular formula is C16H13Cl2NO3. The van der Waals surface area contributed by atoms with Crippen LogP contribution in [-0.2, 0) is 4.74 Å². The van der Waals surface area contributed by atoms with Gasteiger partial charge in [0.1, 0.15) is 0 Å². The Bertz CT molecular complexity index is 716. The van der Waals surface area contributed by atoms with Crippen LogP contribution in [0.4, 0.5) is 5.69 Å². The average Bonchev–Trinajstić information content (AvgIpc) is 2.54. The van der Waals surface area contributed by atoms with Gasteiger partial charge >= 0.3 is 5.97 Å². The van der Waals surface area contributed by atoms with Gasteiger partial charge in [-0.3, -0.25) is 4.79 Å². The van der Waals surface area contributed by atoms with Crippen molar-refractivity contribution in [3.63, 3.8) is 0 Å². The molecule has 2 aromatic carbocycles. The van der Waals surface area contributed by atoms with E-state index < -0.39 is 5.97 Å². The molecule has 0 unspecified atom stereocenters. The van der Waals surface area contributed by atoms with Gasteiger partial charge in [-0.2, -0.15) is 0 Å². The van der Waals surface area contributed by atoms with Crippen molar-refractivity contribution in [2.75, 3.05) is 19.0 Å². The third-order valence-corrected chi connectivity index (χ3v) is 3.73. The number of rotatable bonds is 5. The Kier molecular flexibility index (Phi) is 5.41. The second kappa shape index (κ2) is 7.29. The lowest BCUT2D eigenvalue weighted by Crippen LogP contribution is -2.15. The zero-order chi connectivity index (χ0) is 16.1. The number of benzene rings is 2. The number of nitrogens with one attached hydrogen (secondary N) is 1. The fraction of sp³-hybridized carbons (Fsp3) is 0.125. The van der Waals surface area contributed by atoms with Gasteiger partial charge in [0.15, 0.2) is 12.4 Å². The number of anilines is 1. The number of carbonyl (C=O) groups excluding carboxylic acids is 2. The number of ether oxygens (including phenoxy) is 1. The normalized spacial score (nSPS) is 10.1. The molecule has 0 spiro atoms. The Hall–Kier alpha value is -2.04. The van der Waals surface area contributed by atoms with E-state index in [-0.39, 0.29) is 17.4 Å². The molecular weight excluding hydrogens is 325 g/mol. The quantitative estimate of drug-likeness (QED) is 0.659. The number of ketones is 1. The second-order valence-electron chi connectivity index (χ2n) is 4.42. The summed E-state index contributed by atoms with van der Waals surface area (Å²) in [4.78, 5) is 24.0. The molecule has 0 amide bonds. The summed E-state index contributed by atoms with van der Waals surface area (Å²) in [6, 6.07) is 11.4. The third kappa shape index (κ3) is 3.78. The van der Waals surface area contributed by atoms with Gasteiger partial charge in [0.2, 0.25) is 0 Å². The molecule has 0 aliphatic rings. The minimum Gasteiger partial charge on any atom is -0.454 e. The van der Waals surface area contributed by atoms with E-state index >= 15 is 0 Å². The highest BCUT2D eigenvalue weighted by Gasteiger charge is 2.15. The summed E-state index contributed by atoms with van der Waals surface area (Å²) in [5, 5.41) is 3.53. The Balaban J connectivity index is 2.04. The van der Waals surface area contributed by atoms with Gasteiger partial charge in [0, 0.05) is 18.3 Å². The summed E-state index contributed by atoms with van der Waals surface area (Å²) in [5.41, 5.74) is 1.34. The second-order valence-corrected chi connectivity index (χ2v) is 5.24. The fourth-order valence-corrected chi connectivity index (χ4v) is 2.14. The molecule has 0 aromatic heterocycles. The molecule has 0 saturated heterocycles. The Labute approximate surface area is 138 Å². The molecule has 1 N–H and O–H groups in total. The van der Waals surface area contributed by atoms with Crippen LogP contribution in [0, 0.1) is 0 Å². The lowest BCUT2D eigenvalue weighted by Gasteiger charge is -2.09. The molecule has 4 nitrogen and oxygen atoms in total. The molecule has 0 bridgehead atoms. The first kappa shape index (κ1) is 16.3. The zero-order valence-corrected chi connectivity index (χ0v) is 13.2. The first-order chi connectivity index (χ1) is 10.5. The van der Waals surface area contributed by atoms with E-state index in [2.05, 4.69) is 5.32 Å². The van der Waals surface area contributed by atoms with Crippen LogP contribution in [-0.4, -0.2) is 25.4 Å². The first-order valence-corrected chi connectivity index (χ1v) is 7.20. The van der Waals surface area contributed by atoms with E-state index in [9.17, 15) is 9.59 Å².